The van der Waals surface area contributed by atoms with Gasteiger partial charge in [-0.2, -0.15) is 0 Å². The molecule has 1 aliphatic heterocycles. The van der Waals surface area contributed by atoms with Crippen molar-refractivity contribution in [2.45, 2.75) is 103 Å². The summed E-state index contributed by atoms with van der Waals surface area (Å²) >= 11 is 1.50. The highest BCUT2D eigenvalue weighted by atomic mass is 32.1. The molecule has 0 saturated carbocycles. The average Bonchev–Trinajstić information content (AvgIpc) is 3.84. The lowest BCUT2D eigenvalue weighted by molar-refractivity contribution is -0.146. The number of thiazole rings is 1. The molecule has 0 bridgehead atoms. The second-order valence-corrected chi connectivity index (χ2v) is 14.9. The Bertz CT molecular complexity index is 1380. The highest BCUT2D eigenvalue weighted by molar-refractivity contribution is 7.09. The number of aromatic nitrogens is 1. The van der Waals surface area contributed by atoms with Gasteiger partial charge in [-0.3, -0.25) is 19.2 Å². The van der Waals surface area contributed by atoms with Crippen LogP contribution in [0.1, 0.15) is 76.9 Å². The summed E-state index contributed by atoms with van der Waals surface area (Å²) in [6.45, 7) is 10.2. The Morgan fingerprint density at radius 3 is 2.33 bits per heavy atom. The number of nitrogens with zero attached hydrogens (tertiary/aromatic N) is 3. The van der Waals surface area contributed by atoms with Crippen molar-refractivity contribution in [3.63, 3.8) is 0 Å². The number of rotatable bonds is 20. The molecular formula is C38H60N6O6S. The van der Waals surface area contributed by atoms with Gasteiger partial charge in [-0.15, -0.1) is 11.3 Å². The minimum absolute atomic E-state index is 0.0135. The van der Waals surface area contributed by atoms with Crippen LogP contribution in [-0.4, -0.2) is 110 Å². The number of ether oxygens (including phenoxy) is 2. The zero-order chi connectivity index (χ0) is 37.7. The van der Waals surface area contributed by atoms with E-state index < -0.39 is 30.2 Å². The molecule has 3 rings (SSSR count). The molecule has 51 heavy (non-hydrogen) atoms. The van der Waals surface area contributed by atoms with Gasteiger partial charge in [0.25, 0.3) is 0 Å². The van der Waals surface area contributed by atoms with Gasteiger partial charge in [-0.1, -0.05) is 71.4 Å². The fourth-order valence-electron chi connectivity index (χ4n) is 7.25. The van der Waals surface area contributed by atoms with E-state index in [1.807, 2.05) is 75.2 Å². The van der Waals surface area contributed by atoms with Crippen LogP contribution >= 0.6 is 11.3 Å². The molecule has 1 aromatic carbocycles. The molecule has 1 fully saturated rings. The van der Waals surface area contributed by atoms with Crippen LogP contribution in [-0.2, 0) is 35.1 Å². The molecule has 8 atom stereocenters. The smallest absolute Gasteiger partial charge is 0.242 e. The molecule has 13 heteroatoms. The summed E-state index contributed by atoms with van der Waals surface area (Å²) in [6, 6.07) is 8.58. The standard InChI is InChI=1S/C38H60N6O6S/c1-10-25(4)34(43(7)32(46)23-41-37(48)33(39-6)24(2)3)30(49-8)22-31(45)44-19-14-17-29(44)35(50-9)26(5)36(47)42-28(38-40-18-20-51-38)21-27-15-12-11-13-16-27/h11-13,15-16,18,20,24-26,28-30,33-35,39H,10,14,17,19,21-23H2,1-9H3,(H,41,48)(H,42,47). The third kappa shape index (κ3) is 11.3. The van der Waals surface area contributed by atoms with Gasteiger partial charge in [-0.05, 0) is 43.7 Å². The first-order valence-corrected chi connectivity index (χ1v) is 19.1. The highest BCUT2D eigenvalue weighted by Crippen LogP contribution is 2.30. The van der Waals surface area contributed by atoms with Gasteiger partial charge in [0.2, 0.25) is 23.6 Å². The van der Waals surface area contributed by atoms with E-state index >= 15 is 0 Å². The maximum absolute atomic E-state index is 14.1. The predicted octanol–water partition coefficient (Wildman–Crippen LogP) is 3.82. The van der Waals surface area contributed by atoms with E-state index in [0.29, 0.717) is 19.4 Å². The van der Waals surface area contributed by atoms with Gasteiger partial charge in [0.1, 0.15) is 5.01 Å². The Hall–Kier alpha value is -3.39. The zero-order valence-corrected chi connectivity index (χ0v) is 32.7. The maximum atomic E-state index is 14.1. The summed E-state index contributed by atoms with van der Waals surface area (Å²) in [5, 5.41) is 11.7. The number of likely N-dealkylation sites (tertiary alicyclic amines) is 1. The second-order valence-electron chi connectivity index (χ2n) is 14.0. The number of nitrogens with one attached hydrogen (secondary N) is 3. The van der Waals surface area contributed by atoms with E-state index in [1.54, 1.807) is 39.4 Å². The van der Waals surface area contributed by atoms with Crippen molar-refractivity contribution >= 4 is 35.0 Å². The van der Waals surface area contributed by atoms with E-state index in [2.05, 4.69) is 20.9 Å². The molecule has 1 saturated heterocycles. The summed E-state index contributed by atoms with van der Waals surface area (Å²) in [6.07, 6.45) is 3.54. The van der Waals surface area contributed by atoms with Gasteiger partial charge in [-0.25, -0.2) is 4.98 Å². The molecule has 2 aromatic rings. The van der Waals surface area contributed by atoms with Crippen molar-refractivity contribution < 1.29 is 28.7 Å². The number of hydrogen-bond donors (Lipinski definition) is 3. The van der Waals surface area contributed by atoms with Gasteiger partial charge in [0.15, 0.2) is 0 Å². The lowest BCUT2D eigenvalue weighted by atomic mass is 9.90. The number of carbonyl (C=O) groups excluding carboxylic acids is 4. The van der Waals surface area contributed by atoms with Crippen LogP contribution in [0.4, 0.5) is 0 Å². The number of amides is 4. The Balaban J connectivity index is 1.72. The Kier molecular flexibility index (Phi) is 17.0. The first-order chi connectivity index (χ1) is 24.4. The van der Waals surface area contributed by atoms with Gasteiger partial charge in [0, 0.05) is 39.4 Å². The molecule has 12 nitrogen and oxygen atoms in total. The molecule has 8 unspecified atom stereocenters. The third-order valence-electron chi connectivity index (χ3n) is 10.3. The van der Waals surface area contributed by atoms with Crippen LogP contribution in [0.3, 0.4) is 0 Å². The Morgan fingerprint density at radius 1 is 1.06 bits per heavy atom. The summed E-state index contributed by atoms with van der Waals surface area (Å²) in [5.74, 6) is -1.24. The molecule has 284 valence electrons. The molecule has 0 aliphatic carbocycles. The molecular weight excluding hydrogens is 669 g/mol. The van der Waals surface area contributed by atoms with E-state index in [9.17, 15) is 19.2 Å². The SMILES string of the molecule is CCC(C)C(C(CC(=O)N1CCCC1C(OC)C(C)C(=O)NC(Cc1ccccc1)c1nccs1)OC)N(C)C(=O)CNC(=O)C(NC)C(C)C. The van der Waals surface area contributed by atoms with E-state index in [4.69, 9.17) is 9.47 Å². The number of hydrogen-bond acceptors (Lipinski definition) is 9. The number of methoxy groups -OCH3 is 2. The van der Waals surface area contributed by atoms with Crippen molar-refractivity contribution in [1.82, 2.24) is 30.7 Å². The quantitative estimate of drug-likeness (QED) is 0.187. The molecule has 1 aromatic heterocycles. The summed E-state index contributed by atoms with van der Waals surface area (Å²) in [4.78, 5) is 61.9. The molecule has 4 amide bonds. The van der Waals surface area contributed by atoms with Gasteiger partial charge < -0.3 is 35.2 Å². The fourth-order valence-corrected chi connectivity index (χ4v) is 7.94. The Labute approximate surface area is 308 Å². The lowest BCUT2D eigenvalue weighted by Crippen LogP contribution is -2.55. The molecule has 0 spiro atoms. The van der Waals surface area contributed by atoms with Crippen molar-refractivity contribution in [2.24, 2.45) is 17.8 Å². The van der Waals surface area contributed by atoms with Crippen LogP contribution < -0.4 is 16.0 Å². The zero-order valence-electron chi connectivity index (χ0n) is 31.9. The molecule has 0 radical (unpaired) electrons. The minimum atomic E-state index is -0.585. The van der Waals surface area contributed by atoms with E-state index in [1.165, 1.54) is 11.3 Å². The molecule has 2 heterocycles. The molecule has 3 N–H and O–H groups in total. The van der Waals surface area contributed by atoms with Crippen LogP contribution in [0.5, 0.6) is 0 Å². The highest BCUT2D eigenvalue weighted by Gasteiger charge is 2.42. The van der Waals surface area contributed by atoms with E-state index in [-0.39, 0.29) is 60.5 Å². The first-order valence-electron chi connectivity index (χ1n) is 18.2. The predicted molar refractivity (Wildman–Crippen MR) is 200 cm³/mol. The fraction of sp³-hybridized carbons (Fsp3) is 0.658. The Morgan fingerprint density at radius 2 is 1.76 bits per heavy atom. The van der Waals surface area contributed by atoms with Crippen LogP contribution in [0.15, 0.2) is 41.9 Å². The maximum Gasteiger partial charge on any atom is 0.242 e. The van der Waals surface area contributed by atoms with Gasteiger partial charge in [0.05, 0.1) is 55.3 Å². The van der Waals surface area contributed by atoms with Crippen LogP contribution in [0, 0.1) is 17.8 Å². The molecule has 1 aliphatic rings. The summed E-state index contributed by atoms with van der Waals surface area (Å²) in [7, 11) is 6.58. The largest absolute Gasteiger partial charge is 0.379 e. The van der Waals surface area contributed by atoms with Crippen LogP contribution in [0.2, 0.25) is 0 Å². The minimum Gasteiger partial charge on any atom is -0.379 e. The topological polar surface area (TPSA) is 142 Å². The van der Waals surface area contributed by atoms with Crippen molar-refractivity contribution in [3.8, 4) is 0 Å². The second kappa shape index (κ2) is 20.6. The van der Waals surface area contributed by atoms with Gasteiger partial charge >= 0.3 is 0 Å². The average molecular weight is 729 g/mol. The van der Waals surface area contributed by atoms with Crippen LogP contribution in [0.25, 0.3) is 0 Å². The first kappa shape index (κ1) is 42.0. The van der Waals surface area contributed by atoms with Crippen molar-refractivity contribution in [1.29, 1.82) is 0 Å². The van der Waals surface area contributed by atoms with Crippen molar-refractivity contribution in [3.05, 3.63) is 52.5 Å². The van der Waals surface area contributed by atoms with Crippen molar-refractivity contribution in [2.75, 3.05) is 41.4 Å². The third-order valence-corrected chi connectivity index (χ3v) is 11.2. The normalized spacial score (nSPS) is 18.7. The monoisotopic (exact) mass is 728 g/mol. The van der Waals surface area contributed by atoms with E-state index in [0.717, 1.165) is 23.4 Å². The number of carbonyl (C=O) groups is 4. The lowest BCUT2D eigenvalue weighted by Gasteiger charge is -2.39. The summed E-state index contributed by atoms with van der Waals surface area (Å²) < 4.78 is 11.9. The summed E-state index contributed by atoms with van der Waals surface area (Å²) in [5.41, 5.74) is 1.09. The number of benzene rings is 1. The number of likely N-dealkylation sites (N-methyl/N-ethyl adjacent to an activating group) is 2.